The maximum Gasteiger partial charge on any atom is 0.404 e. The van der Waals surface area contributed by atoms with E-state index in [1.807, 2.05) is 0 Å². The van der Waals surface area contributed by atoms with Gasteiger partial charge in [-0.1, -0.05) is 23.7 Å². The molecule has 0 saturated carbocycles. The molecule has 0 amide bonds. The summed E-state index contributed by atoms with van der Waals surface area (Å²) in [7, 11) is 0. The molecule has 1 aromatic carbocycles. The summed E-state index contributed by atoms with van der Waals surface area (Å²) in [5, 5.41) is 0.646. The zero-order valence-electron chi connectivity index (χ0n) is 6.96. The highest BCUT2D eigenvalue weighted by atomic mass is 35.5. The zero-order valence-corrected chi connectivity index (χ0v) is 8.47. The van der Waals surface area contributed by atoms with E-state index in [2.05, 4.69) is 0 Å². The molecule has 0 aromatic heterocycles. The summed E-state index contributed by atoms with van der Waals surface area (Å²) in [6.45, 7) is 1.74. The molecule has 2 nitrogen and oxygen atoms in total. The molecule has 1 unspecified atom stereocenters. The van der Waals surface area contributed by atoms with E-state index in [4.69, 9.17) is 27.9 Å². The number of carbonyl (C=O) groups excluding carboxylic acids is 1. The third kappa shape index (κ3) is 3.25. The van der Waals surface area contributed by atoms with Crippen LogP contribution in [0, 0.1) is 0 Å². The van der Waals surface area contributed by atoms with Gasteiger partial charge in [0, 0.05) is 16.6 Å². The lowest BCUT2D eigenvalue weighted by molar-refractivity contribution is 0.132. The Balaban J connectivity index is 2.71. The highest BCUT2D eigenvalue weighted by Crippen LogP contribution is 2.19. The summed E-state index contributed by atoms with van der Waals surface area (Å²) in [6.07, 6.45) is -0.345. The lowest BCUT2D eigenvalue weighted by Crippen LogP contribution is -2.01. The first-order valence-electron chi connectivity index (χ1n) is 3.71. The second-order valence-electron chi connectivity index (χ2n) is 2.55. The van der Waals surface area contributed by atoms with Gasteiger partial charge in [-0.15, -0.1) is 0 Å². The van der Waals surface area contributed by atoms with Crippen molar-refractivity contribution in [1.82, 2.24) is 0 Å². The second kappa shape index (κ2) is 4.49. The lowest BCUT2D eigenvalue weighted by Gasteiger charge is -2.10. The summed E-state index contributed by atoms with van der Waals surface area (Å²) in [5.74, 6) is 0. The van der Waals surface area contributed by atoms with E-state index in [1.165, 1.54) is 0 Å². The Labute approximate surface area is 86.4 Å². The Kier molecular flexibility index (Phi) is 3.58. The van der Waals surface area contributed by atoms with Crippen LogP contribution in [0.4, 0.5) is 4.79 Å². The number of hydrogen-bond donors (Lipinski definition) is 0. The van der Waals surface area contributed by atoms with Crippen molar-refractivity contribution in [1.29, 1.82) is 0 Å². The van der Waals surface area contributed by atoms with Gasteiger partial charge in [-0.25, -0.2) is 4.79 Å². The van der Waals surface area contributed by atoms with Gasteiger partial charge in [0.05, 0.1) is 0 Å². The van der Waals surface area contributed by atoms with Crippen molar-refractivity contribution in [3.63, 3.8) is 0 Å². The molecule has 1 aromatic rings. The van der Waals surface area contributed by atoms with Crippen LogP contribution < -0.4 is 0 Å². The van der Waals surface area contributed by atoms with Gasteiger partial charge < -0.3 is 4.74 Å². The van der Waals surface area contributed by atoms with Crippen LogP contribution in [-0.4, -0.2) is 5.43 Å². The predicted molar refractivity (Wildman–Crippen MR) is 52.2 cm³/mol. The SMILES string of the molecule is CC(OC(=O)Cl)c1ccc(Cl)cc1. The standard InChI is InChI=1S/C9H8Cl2O2/c1-6(13-9(11)12)7-2-4-8(10)5-3-7/h2-6H,1H3. The van der Waals surface area contributed by atoms with E-state index >= 15 is 0 Å². The average Bonchev–Trinajstić information content (AvgIpc) is 2.04. The van der Waals surface area contributed by atoms with Crippen LogP contribution in [0.1, 0.15) is 18.6 Å². The van der Waals surface area contributed by atoms with Crippen LogP contribution in [0.15, 0.2) is 24.3 Å². The smallest absolute Gasteiger partial charge is 0.404 e. The average molecular weight is 219 g/mol. The Hall–Kier alpha value is -0.730. The maximum absolute atomic E-state index is 10.4. The summed E-state index contributed by atoms with van der Waals surface area (Å²) >= 11 is 10.8. The van der Waals surface area contributed by atoms with Crippen LogP contribution in [-0.2, 0) is 4.74 Å². The van der Waals surface area contributed by atoms with Gasteiger partial charge in [0.25, 0.3) is 0 Å². The van der Waals surface area contributed by atoms with Crippen molar-refractivity contribution in [3.8, 4) is 0 Å². The highest BCUT2D eigenvalue weighted by molar-refractivity contribution is 6.61. The molecular weight excluding hydrogens is 211 g/mol. The van der Waals surface area contributed by atoms with Gasteiger partial charge in [0.15, 0.2) is 0 Å². The summed E-state index contributed by atoms with van der Waals surface area (Å²) in [5.41, 5.74) is 0.0563. The highest BCUT2D eigenvalue weighted by Gasteiger charge is 2.08. The van der Waals surface area contributed by atoms with Crippen molar-refractivity contribution < 1.29 is 9.53 Å². The van der Waals surface area contributed by atoms with Gasteiger partial charge in [-0.2, -0.15) is 0 Å². The molecule has 0 aliphatic heterocycles. The molecule has 0 heterocycles. The molecule has 0 fully saturated rings. The van der Waals surface area contributed by atoms with Crippen LogP contribution in [0.5, 0.6) is 0 Å². The first-order chi connectivity index (χ1) is 6.09. The first kappa shape index (κ1) is 10.4. The number of rotatable bonds is 2. The van der Waals surface area contributed by atoms with E-state index in [-0.39, 0.29) is 6.10 Å². The summed E-state index contributed by atoms with van der Waals surface area (Å²) in [6, 6.07) is 7.03. The first-order valence-corrected chi connectivity index (χ1v) is 4.47. The van der Waals surface area contributed by atoms with Crippen LogP contribution in [0.3, 0.4) is 0 Å². The molecule has 13 heavy (non-hydrogen) atoms. The molecule has 0 radical (unpaired) electrons. The van der Waals surface area contributed by atoms with Crippen LogP contribution in [0.2, 0.25) is 5.02 Å². The Morgan fingerprint density at radius 1 is 1.38 bits per heavy atom. The summed E-state index contributed by atoms with van der Waals surface area (Å²) in [4.78, 5) is 10.4. The molecule has 0 N–H and O–H groups in total. The number of benzene rings is 1. The number of carbonyl (C=O) groups is 1. The molecule has 0 spiro atoms. The molecule has 0 saturated heterocycles. The molecule has 0 bridgehead atoms. The molecule has 1 atom stereocenters. The Bertz CT molecular complexity index is 295. The minimum absolute atomic E-state index is 0.345. The maximum atomic E-state index is 10.4. The minimum Gasteiger partial charge on any atom is -0.446 e. The van der Waals surface area contributed by atoms with Crippen molar-refractivity contribution >= 4 is 28.6 Å². The summed E-state index contributed by atoms with van der Waals surface area (Å²) < 4.78 is 4.76. The van der Waals surface area contributed by atoms with Crippen molar-refractivity contribution in [3.05, 3.63) is 34.9 Å². The van der Waals surface area contributed by atoms with Gasteiger partial charge in [0.1, 0.15) is 6.10 Å². The normalized spacial score (nSPS) is 12.2. The van der Waals surface area contributed by atoms with Gasteiger partial charge in [-0.3, -0.25) is 0 Å². The van der Waals surface area contributed by atoms with E-state index < -0.39 is 5.43 Å². The minimum atomic E-state index is -0.803. The fourth-order valence-corrected chi connectivity index (χ4v) is 1.20. The monoisotopic (exact) mass is 218 g/mol. The number of halogens is 2. The number of ether oxygens (including phenoxy) is 1. The lowest BCUT2D eigenvalue weighted by atomic mass is 10.1. The third-order valence-corrected chi connectivity index (χ3v) is 1.95. The molecule has 4 heteroatoms. The van der Waals surface area contributed by atoms with Gasteiger partial charge in [0.2, 0.25) is 0 Å². The van der Waals surface area contributed by atoms with Gasteiger partial charge in [-0.05, 0) is 24.6 Å². The van der Waals surface area contributed by atoms with Crippen LogP contribution >= 0.6 is 23.2 Å². The molecule has 0 aliphatic carbocycles. The molecule has 0 aliphatic rings. The molecular formula is C9H8Cl2O2. The van der Waals surface area contributed by atoms with Gasteiger partial charge >= 0.3 is 5.43 Å². The quantitative estimate of drug-likeness (QED) is 0.707. The fraction of sp³-hybridized carbons (Fsp3) is 0.222. The zero-order chi connectivity index (χ0) is 9.84. The van der Waals surface area contributed by atoms with Crippen molar-refractivity contribution in [2.24, 2.45) is 0 Å². The second-order valence-corrected chi connectivity index (χ2v) is 3.29. The Morgan fingerprint density at radius 3 is 2.38 bits per heavy atom. The molecule has 70 valence electrons. The third-order valence-electron chi connectivity index (χ3n) is 1.61. The fourth-order valence-electron chi connectivity index (χ4n) is 0.941. The van der Waals surface area contributed by atoms with E-state index in [0.29, 0.717) is 5.02 Å². The predicted octanol–water partition coefficient (Wildman–Crippen LogP) is 3.78. The topological polar surface area (TPSA) is 26.3 Å². The Morgan fingerprint density at radius 2 is 1.92 bits per heavy atom. The van der Waals surface area contributed by atoms with Crippen LogP contribution in [0.25, 0.3) is 0 Å². The van der Waals surface area contributed by atoms with E-state index in [1.54, 1.807) is 31.2 Å². The van der Waals surface area contributed by atoms with E-state index in [0.717, 1.165) is 5.56 Å². The van der Waals surface area contributed by atoms with Crippen molar-refractivity contribution in [2.45, 2.75) is 13.0 Å². The van der Waals surface area contributed by atoms with Crippen molar-refractivity contribution in [2.75, 3.05) is 0 Å². The molecule has 1 rings (SSSR count). The van der Waals surface area contributed by atoms with E-state index in [9.17, 15) is 4.79 Å². The number of hydrogen-bond acceptors (Lipinski definition) is 2. The largest absolute Gasteiger partial charge is 0.446 e.